The third kappa shape index (κ3) is 2.51. The van der Waals surface area contributed by atoms with Crippen LogP contribution in [0.1, 0.15) is 12.5 Å². The Kier molecular flexibility index (Phi) is 3.62. The van der Waals surface area contributed by atoms with Gasteiger partial charge < -0.3 is 15.2 Å². The fourth-order valence-corrected chi connectivity index (χ4v) is 1.61. The van der Waals surface area contributed by atoms with Crippen LogP contribution in [-0.4, -0.2) is 17.1 Å². The van der Waals surface area contributed by atoms with Crippen LogP contribution in [0, 0.1) is 0 Å². The average molecular weight is 245 g/mol. The molecule has 0 aliphatic rings. The SMILES string of the molecule is CCc1c(N)ncnc1Oc1cccc(OC)c1. The molecule has 0 saturated carbocycles. The number of ether oxygens (including phenoxy) is 2. The van der Waals surface area contributed by atoms with E-state index in [2.05, 4.69) is 9.97 Å². The van der Waals surface area contributed by atoms with E-state index in [0.717, 1.165) is 11.3 Å². The Morgan fingerprint density at radius 2 is 2.00 bits per heavy atom. The molecule has 0 atom stereocenters. The van der Waals surface area contributed by atoms with Gasteiger partial charge in [-0.3, -0.25) is 0 Å². The highest BCUT2D eigenvalue weighted by Crippen LogP contribution is 2.27. The van der Waals surface area contributed by atoms with Gasteiger partial charge in [-0.1, -0.05) is 13.0 Å². The summed E-state index contributed by atoms with van der Waals surface area (Å²) in [6.45, 7) is 1.98. The van der Waals surface area contributed by atoms with Gasteiger partial charge in [0.05, 0.1) is 12.7 Å². The normalized spacial score (nSPS) is 10.1. The Labute approximate surface area is 106 Å². The topological polar surface area (TPSA) is 70.3 Å². The van der Waals surface area contributed by atoms with Gasteiger partial charge in [-0.2, -0.15) is 0 Å². The summed E-state index contributed by atoms with van der Waals surface area (Å²) in [5, 5.41) is 0. The average Bonchev–Trinajstić information content (AvgIpc) is 2.39. The predicted octanol–water partition coefficient (Wildman–Crippen LogP) is 2.42. The van der Waals surface area contributed by atoms with Gasteiger partial charge in [0.15, 0.2) is 0 Å². The number of methoxy groups -OCH3 is 1. The fourth-order valence-electron chi connectivity index (χ4n) is 1.61. The minimum Gasteiger partial charge on any atom is -0.497 e. The molecule has 1 heterocycles. The van der Waals surface area contributed by atoms with Gasteiger partial charge in [0.1, 0.15) is 23.6 Å². The van der Waals surface area contributed by atoms with Gasteiger partial charge in [-0.15, -0.1) is 0 Å². The van der Waals surface area contributed by atoms with Crippen molar-refractivity contribution in [2.45, 2.75) is 13.3 Å². The summed E-state index contributed by atoms with van der Waals surface area (Å²) >= 11 is 0. The molecule has 0 spiro atoms. The number of aromatic nitrogens is 2. The zero-order valence-corrected chi connectivity index (χ0v) is 10.4. The second-order valence-corrected chi connectivity index (χ2v) is 3.68. The van der Waals surface area contributed by atoms with Crippen LogP contribution in [0.2, 0.25) is 0 Å². The van der Waals surface area contributed by atoms with Crippen molar-refractivity contribution in [2.75, 3.05) is 12.8 Å². The van der Waals surface area contributed by atoms with Crippen molar-refractivity contribution in [1.82, 2.24) is 9.97 Å². The van der Waals surface area contributed by atoms with E-state index in [-0.39, 0.29) is 0 Å². The van der Waals surface area contributed by atoms with Crippen LogP contribution < -0.4 is 15.2 Å². The highest BCUT2D eigenvalue weighted by atomic mass is 16.5. The Hall–Kier alpha value is -2.30. The van der Waals surface area contributed by atoms with Crippen molar-refractivity contribution in [1.29, 1.82) is 0 Å². The van der Waals surface area contributed by atoms with E-state index >= 15 is 0 Å². The lowest BCUT2D eigenvalue weighted by Crippen LogP contribution is -2.01. The fraction of sp³-hybridized carbons (Fsp3) is 0.231. The van der Waals surface area contributed by atoms with E-state index in [1.165, 1.54) is 6.33 Å². The quantitative estimate of drug-likeness (QED) is 0.895. The Bertz CT molecular complexity index is 544. The molecule has 0 bridgehead atoms. The second-order valence-electron chi connectivity index (χ2n) is 3.68. The third-order valence-corrected chi connectivity index (χ3v) is 2.55. The van der Waals surface area contributed by atoms with Crippen molar-refractivity contribution in [3.05, 3.63) is 36.2 Å². The van der Waals surface area contributed by atoms with E-state index in [0.29, 0.717) is 23.9 Å². The summed E-state index contributed by atoms with van der Waals surface area (Å²) in [6.07, 6.45) is 2.11. The van der Waals surface area contributed by atoms with Gasteiger partial charge >= 0.3 is 0 Å². The first-order valence-corrected chi connectivity index (χ1v) is 5.65. The summed E-state index contributed by atoms with van der Waals surface area (Å²) < 4.78 is 10.8. The van der Waals surface area contributed by atoms with Crippen molar-refractivity contribution in [3.63, 3.8) is 0 Å². The van der Waals surface area contributed by atoms with E-state index in [4.69, 9.17) is 15.2 Å². The molecule has 1 aromatic carbocycles. The highest BCUT2D eigenvalue weighted by molar-refractivity contribution is 5.46. The van der Waals surface area contributed by atoms with Crippen molar-refractivity contribution >= 4 is 5.82 Å². The molecule has 18 heavy (non-hydrogen) atoms. The molecule has 0 aliphatic carbocycles. The van der Waals surface area contributed by atoms with Gasteiger partial charge in [0, 0.05) is 6.07 Å². The van der Waals surface area contributed by atoms with Crippen molar-refractivity contribution in [2.24, 2.45) is 0 Å². The van der Waals surface area contributed by atoms with Gasteiger partial charge in [-0.25, -0.2) is 9.97 Å². The zero-order chi connectivity index (χ0) is 13.0. The molecule has 5 nitrogen and oxygen atoms in total. The van der Waals surface area contributed by atoms with Crippen LogP contribution in [0.4, 0.5) is 5.82 Å². The van der Waals surface area contributed by atoms with Crippen LogP contribution in [0.3, 0.4) is 0 Å². The molecule has 0 fully saturated rings. The lowest BCUT2D eigenvalue weighted by molar-refractivity contribution is 0.406. The largest absolute Gasteiger partial charge is 0.497 e. The Balaban J connectivity index is 2.30. The maximum Gasteiger partial charge on any atom is 0.227 e. The van der Waals surface area contributed by atoms with Crippen molar-refractivity contribution in [3.8, 4) is 17.4 Å². The smallest absolute Gasteiger partial charge is 0.227 e. The van der Waals surface area contributed by atoms with Crippen LogP contribution in [0.25, 0.3) is 0 Å². The molecule has 2 N–H and O–H groups in total. The minimum atomic E-state index is 0.449. The molecule has 0 amide bonds. The Morgan fingerprint density at radius 1 is 1.22 bits per heavy atom. The first kappa shape index (κ1) is 12.2. The summed E-state index contributed by atoms with van der Waals surface area (Å²) in [5.41, 5.74) is 6.59. The molecule has 1 aromatic heterocycles. The first-order valence-electron chi connectivity index (χ1n) is 5.65. The molecular formula is C13H15N3O2. The monoisotopic (exact) mass is 245 g/mol. The number of hydrogen-bond donors (Lipinski definition) is 1. The predicted molar refractivity (Wildman–Crippen MR) is 68.9 cm³/mol. The molecular weight excluding hydrogens is 230 g/mol. The third-order valence-electron chi connectivity index (χ3n) is 2.55. The number of anilines is 1. The van der Waals surface area contributed by atoms with E-state index in [1.807, 2.05) is 25.1 Å². The minimum absolute atomic E-state index is 0.449. The number of nitrogen functional groups attached to an aromatic ring is 1. The number of nitrogens with zero attached hydrogens (tertiary/aromatic N) is 2. The van der Waals surface area contributed by atoms with Gasteiger partial charge in [0.2, 0.25) is 5.88 Å². The lowest BCUT2D eigenvalue weighted by atomic mass is 10.2. The number of hydrogen-bond acceptors (Lipinski definition) is 5. The molecule has 2 rings (SSSR count). The maximum atomic E-state index is 5.79. The van der Waals surface area contributed by atoms with Gasteiger partial charge in [0.25, 0.3) is 0 Å². The van der Waals surface area contributed by atoms with Crippen LogP contribution in [-0.2, 0) is 6.42 Å². The zero-order valence-electron chi connectivity index (χ0n) is 10.4. The van der Waals surface area contributed by atoms with Gasteiger partial charge in [-0.05, 0) is 18.6 Å². The number of rotatable bonds is 4. The lowest BCUT2D eigenvalue weighted by Gasteiger charge is -2.10. The van der Waals surface area contributed by atoms with Crippen LogP contribution >= 0.6 is 0 Å². The van der Waals surface area contributed by atoms with E-state index in [1.54, 1.807) is 13.2 Å². The van der Waals surface area contributed by atoms with E-state index in [9.17, 15) is 0 Å². The van der Waals surface area contributed by atoms with Crippen LogP contribution in [0.5, 0.6) is 17.4 Å². The molecule has 2 aromatic rings. The number of benzene rings is 1. The molecule has 0 saturated heterocycles. The molecule has 94 valence electrons. The maximum absolute atomic E-state index is 5.79. The number of nitrogens with two attached hydrogens (primary N) is 1. The molecule has 5 heteroatoms. The molecule has 0 aliphatic heterocycles. The van der Waals surface area contributed by atoms with Crippen LogP contribution in [0.15, 0.2) is 30.6 Å². The second kappa shape index (κ2) is 5.35. The first-order chi connectivity index (χ1) is 8.74. The highest BCUT2D eigenvalue weighted by Gasteiger charge is 2.09. The summed E-state index contributed by atoms with van der Waals surface area (Å²) in [7, 11) is 1.61. The van der Waals surface area contributed by atoms with Crippen molar-refractivity contribution < 1.29 is 9.47 Å². The van der Waals surface area contributed by atoms with E-state index < -0.39 is 0 Å². The molecule has 0 unspecified atom stereocenters. The standard InChI is InChI=1S/C13H15N3O2/c1-3-11-12(14)15-8-16-13(11)18-10-6-4-5-9(7-10)17-2/h4-8H,3H2,1-2H3,(H2,14,15,16). The summed E-state index contributed by atoms with van der Waals surface area (Å²) in [5.74, 6) is 2.32. The Morgan fingerprint density at radius 3 is 2.72 bits per heavy atom. The molecule has 0 radical (unpaired) electrons. The summed E-state index contributed by atoms with van der Waals surface area (Å²) in [4.78, 5) is 8.05. The summed E-state index contributed by atoms with van der Waals surface area (Å²) in [6, 6.07) is 7.32.